The van der Waals surface area contributed by atoms with E-state index in [0.29, 0.717) is 5.69 Å². The maximum Gasteiger partial charge on any atom is 0.416 e. The number of piperidine rings is 1. The van der Waals surface area contributed by atoms with E-state index in [9.17, 15) is 18.0 Å². The van der Waals surface area contributed by atoms with E-state index in [1.54, 1.807) is 6.20 Å². The van der Waals surface area contributed by atoms with Gasteiger partial charge in [-0.05, 0) is 49.2 Å². The van der Waals surface area contributed by atoms with Crippen molar-refractivity contribution in [1.29, 1.82) is 0 Å². The molecule has 0 radical (unpaired) electrons. The summed E-state index contributed by atoms with van der Waals surface area (Å²) >= 11 is 0. The number of nitrogens with one attached hydrogen (secondary N) is 2. The van der Waals surface area contributed by atoms with E-state index in [1.165, 1.54) is 12.1 Å². The molecular weight excluding hydrogens is 393 g/mol. The molecule has 0 saturated carbocycles. The van der Waals surface area contributed by atoms with Crippen LogP contribution in [0.2, 0.25) is 0 Å². The minimum Gasteiger partial charge on any atom is -0.371 e. The molecular formula is C22H21F3N4O. The standard InChI is InChI=1S/C22H21F3N4O/c23-22(24,25)15-5-7-16(8-6-15)27-21(30)28-17-10-13-29(14-11-17)20-9-12-26-19-4-2-1-3-18(19)20/h1-9,12,17H,10-11,13-14H2,(H2,27,28,30). The average molecular weight is 414 g/mol. The number of alkyl halides is 3. The molecule has 2 aromatic carbocycles. The van der Waals surface area contributed by atoms with Gasteiger partial charge in [0.2, 0.25) is 0 Å². The molecule has 5 nitrogen and oxygen atoms in total. The Bertz CT molecular complexity index is 1020. The van der Waals surface area contributed by atoms with Crippen LogP contribution in [0.3, 0.4) is 0 Å². The third-order valence-electron chi connectivity index (χ3n) is 5.27. The Labute approximate surface area is 171 Å². The Kier molecular flexibility index (Phi) is 5.48. The predicted octanol–water partition coefficient (Wildman–Crippen LogP) is 5.04. The summed E-state index contributed by atoms with van der Waals surface area (Å²) in [7, 11) is 0. The van der Waals surface area contributed by atoms with Crippen molar-refractivity contribution in [2.24, 2.45) is 0 Å². The number of halogens is 3. The van der Waals surface area contributed by atoms with E-state index in [-0.39, 0.29) is 6.04 Å². The van der Waals surface area contributed by atoms with Crippen molar-refractivity contribution in [3.05, 3.63) is 66.4 Å². The molecule has 1 aromatic heterocycles. The van der Waals surface area contributed by atoms with Crippen molar-refractivity contribution in [2.75, 3.05) is 23.3 Å². The number of benzene rings is 2. The van der Waals surface area contributed by atoms with Crippen molar-refractivity contribution in [3.8, 4) is 0 Å². The SMILES string of the molecule is O=C(Nc1ccc(C(F)(F)F)cc1)NC1CCN(c2ccnc3ccccc23)CC1. The van der Waals surface area contributed by atoms with Gasteiger partial charge in [-0.1, -0.05) is 18.2 Å². The largest absolute Gasteiger partial charge is 0.416 e. The maximum atomic E-state index is 12.6. The first-order chi connectivity index (χ1) is 14.4. The molecule has 1 fully saturated rings. The summed E-state index contributed by atoms with van der Waals surface area (Å²) in [4.78, 5) is 18.9. The molecule has 2 N–H and O–H groups in total. The molecule has 0 unspecified atom stereocenters. The first-order valence-corrected chi connectivity index (χ1v) is 9.73. The summed E-state index contributed by atoms with van der Waals surface area (Å²) in [5, 5.41) is 6.61. The van der Waals surface area contributed by atoms with Crippen LogP contribution in [0.4, 0.5) is 29.3 Å². The summed E-state index contributed by atoms with van der Waals surface area (Å²) in [6.07, 6.45) is -1.04. The number of nitrogens with zero attached hydrogens (tertiary/aromatic N) is 2. The Balaban J connectivity index is 1.32. The van der Waals surface area contributed by atoms with Gasteiger partial charge in [0, 0.05) is 42.1 Å². The first-order valence-electron chi connectivity index (χ1n) is 9.73. The Morgan fingerprint density at radius 1 is 1.00 bits per heavy atom. The molecule has 0 bridgehead atoms. The van der Waals surface area contributed by atoms with Crippen LogP contribution < -0.4 is 15.5 Å². The van der Waals surface area contributed by atoms with E-state index in [4.69, 9.17) is 0 Å². The molecule has 1 aliphatic heterocycles. The van der Waals surface area contributed by atoms with Crippen molar-refractivity contribution < 1.29 is 18.0 Å². The zero-order chi connectivity index (χ0) is 21.1. The molecule has 2 amide bonds. The number of hydrogen-bond acceptors (Lipinski definition) is 3. The van der Waals surface area contributed by atoms with Crippen LogP contribution in [-0.4, -0.2) is 30.1 Å². The highest BCUT2D eigenvalue weighted by atomic mass is 19.4. The summed E-state index contributed by atoms with van der Waals surface area (Å²) < 4.78 is 37.9. The van der Waals surface area contributed by atoms with Crippen molar-refractivity contribution in [3.63, 3.8) is 0 Å². The van der Waals surface area contributed by atoms with E-state index < -0.39 is 17.8 Å². The van der Waals surface area contributed by atoms with Gasteiger partial charge in [-0.15, -0.1) is 0 Å². The summed E-state index contributed by atoms with van der Waals surface area (Å²) in [5.74, 6) is 0. The van der Waals surface area contributed by atoms with Gasteiger partial charge in [-0.25, -0.2) is 4.79 Å². The molecule has 8 heteroatoms. The third kappa shape index (κ3) is 4.48. The number of carbonyl (C=O) groups excluding carboxylic acids is 1. The smallest absolute Gasteiger partial charge is 0.371 e. The highest BCUT2D eigenvalue weighted by Gasteiger charge is 2.30. The van der Waals surface area contributed by atoms with E-state index >= 15 is 0 Å². The monoisotopic (exact) mass is 414 g/mol. The number of fused-ring (bicyclic) bond motifs is 1. The molecule has 0 spiro atoms. The summed E-state index contributed by atoms with van der Waals surface area (Å²) in [6.45, 7) is 1.58. The van der Waals surface area contributed by atoms with Crippen molar-refractivity contribution in [1.82, 2.24) is 10.3 Å². The van der Waals surface area contributed by atoms with Crippen molar-refractivity contribution in [2.45, 2.75) is 25.1 Å². The third-order valence-corrected chi connectivity index (χ3v) is 5.27. The van der Waals surface area contributed by atoms with Crippen LogP contribution in [0.15, 0.2) is 60.8 Å². The zero-order valence-electron chi connectivity index (χ0n) is 16.1. The minimum absolute atomic E-state index is 0.00352. The van der Waals surface area contributed by atoms with Gasteiger partial charge < -0.3 is 15.5 Å². The lowest BCUT2D eigenvalue weighted by molar-refractivity contribution is -0.137. The first kappa shape index (κ1) is 20.0. The normalized spacial score (nSPS) is 15.2. The zero-order valence-corrected chi connectivity index (χ0v) is 16.1. The lowest BCUT2D eigenvalue weighted by atomic mass is 10.0. The molecule has 1 saturated heterocycles. The van der Waals surface area contributed by atoms with Gasteiger partial charge in [-0.2, -0.15) is 13.2 Å². The molecule has 3 aromatic rings. The van der Waals surface area contributed by atoms with Gasteiger partial charge in [0.25, 0.3) is 0 Å². The van der Waals surface area contributed by atoms with Gasteiger partial charge in [-0.3, -0.25) is 4.98 Å². The molecule has 1 aliphatic rings. The highest BCUT2D eigenvalue weighted by Crippen LogP contribution is 2.30. The molecule has 4 rings (SSSR count). The fraction of sp³-hybridized carbons (Fsp3) is 0.273. The van der Waals surface area contributed by atoms with Crippen molar-refractivity contribution >= 4 is 28.3 Å². The van der Waals surface area contributed by atoms with Crippen LogP contribution in [0.5, 0.6) is 0 Å². The fourth-order valence-corrected chi connectivity index (χ4v) is 3.72. The van der Waals surface area contributed by atoms with E-state index in [1.807, 2.05) is 24.3 Å². The molecule has 2 heterocycles. The van der Waals surface area contributed by atoms with E-state index in [2.05, 4.69) is 26.6 Å². The molecule has 0 atom stereocenters. The van der Waals surface area contributed by atoms with Gasteiger partial charge in [0.05, 0.1) is 11.1 Å². The van der Waals surface area contributed by atoms with Crippen LogP contribution in [0, 0.1) is 0 Å². The number of rotatable bonds is 3. The number of anilines is 2. The lowest BCUT2D eigenvalue weighted by Crippen LogP contribution is -2.46. The van der Waals surface area contributed by atoms with Crippen LogP contribution in [0.25, 0.3) is 10.9 Å². The van der Waals surface area contributed by atoms with Crippen LogP contribution >= 0.6 is 0 Å². The molecule has 0 aliphatic carbocycles. The second kappa shape index (κ2) is 8.22. The number of aromatic nitrogens is 1. The van der Waals surface area contributed by atoms with Gasteiger partial charge >= 0.3 is 12.2 Å². The van der Waals surface area contributed by atoms with Crippen LogP contribution in [-0.2, 0) is 6.18 Å². The minimum atomic E-state index is -4.39. The fourth-order valence-electron chi connectivity index (χ4n) is 3.72. The molecule has 30 heavy (non-hydrogen) atoms. The number of amides is 2. The Morgan fingerprint density at radius 3 is 2.40 bits per heavy atom. The summed E-state index contributed by atoms with van der Waals surface area (Å²) in [6, 6.07) is 14.0. The number of pyridine rings is 1. The number of para-hydroxylation sites is 1. The second-order valence-electron chi connectivity index (χ2n) is 7.28. The van der Waals surface area contributed by atoms with Gasteiger partial charge in [0.1, 0.15) is 0 Å². The number of carbonyl (C=O) groups is 1. The molecule has 156 valence electrons. The average Bonchev–Trinajstić information content (AvgIpc) is 2.74. The highest BCUT2D eigenvalue weighted by molar-refractivity contribution is 5.91. The lowest BCUT2D eigenvalue weighted by Gasteiger charge is -2.34. The quantitative estimate of drug-likeness (QED) is 0.631. The number of hydrogen-bond donors (Lipinski definition) is 2. The number of urea groups is 1. The Hall–Kier alpha value is -3.29. The van der Waals surface area contributed by atoms with Gasteiger partial charge in [0.15, 0.2) is 0 Å². The second-order valence-corrected chi connectivity index (χ2v) is 7.28. The topological polar surface area (TPSA) is 57.3 Å². The van der Waals surface area contributed by atoms with Crippen LogP contribution in [0.1, 0.15) is 18.4 Å². The summed E-state index contributed by atoms with van der Waals surface area (Å²) in [5.41, 5.74) is 1.66. The predicted molar refractivity (Wildman–Crippen MR) is 111 cm³/mol. The maximum absolute atomic E-state index is 12.6. The van der Waals surface area contributed by atoms with E-state index in [0.717, 1.165) is 54.7 Å². The Morgan fingerprint density at radius 2 is 1.70 bits per heavy atom.